The molecule has 1 saturated heterocycles. The van der Waals surface area contributed by atoms with E-state index in [4.69, 9.17) is 30.2 Å². The predicted molar refractivity (Wildman–Crippen MR) is 97.8 cm³/mol. The Labute approximate surface area is 162 Å². The number of carbonyl (C=O) groups excluding carboxylic acids is 1. The van der Waals surface area contributed by atoms with E-state index in [9.17, 15) is 4.79 Å². The molecule has 144 valence electrons. The molecule has 0 atom stereocenters. The summed E-state index contributed by atoms with van der Waals surface area (Å²) in [5, 5.41) is 0.506. The molecule has 1 fully saturated rings. The molecule has 0 unspecified atom stereocenters. The second-order valence-electron chi connectivity index (χ2n) is 6.78. The molecule has 0 bridgehead atoms. The number of likely N-dealkylation sites (tertiary alicyclic amines) is 1. The molecule has 3 heterocycles. The molecule has 0 spiro atoms. The third-order valence-corrected chi connectivity index (χ3v) is 5.39. The molecule has 27 heavy (non-hydrogen) atoms. The van der Waals surface area contributed by atoms with Gasteiger partial charge in [-0.3, -0.25) is 9.69 Å². The van der Waals surface area contributed by atoms with Gasteiger partial charge in [0.05, 0.1) is 29.3 Å². The van der Waals surface area contributed by atoms with Crippen molar-refractivity contribution < 1.29 is 23.4 Å². The summed E-state index contributed by atoms with van der Waals surface area (Å²) in [4.78, 5) is 18.6. The smallest absolute Gasteiger partial charge is 0.308 e. The van der Waals surface area contributed by atoms with Crippen molar-refractivity contribution in [3.63, 3.8) is 0 Å². The van der Waals surface area contributed by atoms with Crippen LogP contribution < -0.4 is 9.47 Å². The highest BCUT2D eigenvalue weighted by Crippen LogP contribution is 2.41. The Kier molecular flexibility index (Phi) is 4.97. The predicted octanol–water partition coefficient (Wildman–Crippen LogP) is 3.42. The van der Waals surface area contributed by atoms with Gasteiger partial charge in [0.1, 0.15) is 5.76 Å². The second-order valence-corrected chi connectivity index (χ2v) is 7.19. The molecule has 0 radical (unpaired) electrons. The zero-order valence-corrected chi connectivity index (χ0v) is 16.0. The minimum atomic E-state index is -0.119. The molecule has 2 aliphatic heterocycles. The van der Waals surface area contributed by atoms with Crippen LogP contribution in [0.1, 0.15) is 24.3 Å². The van der Waals surface area contributed by atoms with E-state index in [1.165, 1.54) is 7.11 Å². The van der Waals surface area contributed by atoms with E-state index < -0.39 is 0 Å². The number of piperidine rings is 1. The van der Waals surface area contributed by atoms with Crippen molar-refractivity contribution in [1.29, 1.82) is 0 Å². The minimum absolute atomic E-state index is 0.00680. The monoisotopic (exact) mass is 392 g/mol. The Morgan fingerprint density at radius 2 is 2.00 bits per heavy atom. The molecule has 0 aliphatic carbocycles. The maximum absolute atomic E-state index is 11.7. The summed E-state index contributed by atoms with van der Waals surface area (Å²) in [6.45, 7) is 4.41. The third-order valence-electron chi connectivity index (χ3n) is 5.08. The van der Waals surface area contributed by atoms with Crippen LogP contribution in [0.15, 0.2) is 16.5 Å². The number of carbonyl (C=O) groups is 1. The molecule has 1 aromatic heterocycles. The van der Waals surface area contributed by atoms with Gasteiger partial charge < -0.3 is 18.6 Å². The van der Waals surface area contributed by atoms with E-state index in [0.29, 0.717) is 34.5 Å². The quantitative estimate of drug-likeness (QED) is 0.738. The number of nitrogens with zero attached hydrogens (tertiary/aromatic N) is 2. The first kappa shape index (κ1) is 18.1. The number of hydrogen-bond acceptors (Lipinski definition) is 7. The Bertz CT molecular complexity index is 858. The van der Waals surface area contributed by atoms with Crippen LogP contribution in [0.25, 0.3) is 11.5 Å². The molecule has 8 heteroatoms. The summed E-state index contributed by atoms with van der Waals surface area (Å²) in [6, 6.07) is 3.51. The highest BCUT2D eigenvalue weighted by Gasteiger charge is 2.27. The fraction of sp³-hybridized carbons (Fsp3) is 0.474. The number of ether oxygens (including phenoxy) is 3. The zero-order chi connectivity index (χ0) is 19.0. The summed E-state index contributed by atoms with van der Waals surface area (Å²) in [6.07, 6.45) is 1.59. The van der Waals surface area contributed by atoms with Crippen molar-refractivity contribution >= 4 is 17.6 Å². The van der Waals surface area contributed by atoms with E-state index >= 15 is 0 Å². The van der Waals surface area contributed by atoms with Crippen molar-refractivity contribution in [3.05, 3.63) is 28.6 Å². The molecule has 2 aliphatic rings. The highest BCUT2D eigenvalue weighted by molar-refractivity contribution is 6.33. The van der Waals surface area contributed by atoms with Crippen molar-refractivity contribution in [3.8, 4) is 23.0 Å². The van der Waals surface area contributed by atoms with Gasteiger partial charge in [0, 0.05) is 12.6 Å². The Morgan fingerprint density at radius 1 is 1.30 bits per heavy atom. The lowest BCUT2D eigenvalue weighted by Gasteiger charge is -2.29. The van der Waals surface area contributed by atoms with Crippen LogP contribution in [-0.4, -0.2) is 42.8 Å². The number of hydrogen-bond donors (Lipinski definition) is 0. The lowest BCUT2D eigenvalue weighted by molar-refractivity contribution is -0.147. The van der Waals surface area contributed by atoms with Crippen LogP contribution in [0.2, 0.25) is 5.02 Å². The van der Waals surface area contributed by atoms with Gasteiger partial charge in [-0.15, -0.1) is 0 Å². The first-order chi connectivity index (χ1) is 13.0. The largest absolute Gasteiger partial charge is 0.469 e. The van der Waals surface area contributed by atoms with Gasteiger partial charge in [0.2, 0.25) is 12.7 Å². The van der Waals surface area contributed by atoms with Crippen molar-refractivity contribution in [2.45, 2.75) is 26.3 Å². The summed E-state index contributed by atoms with van der Waals surface area (Å²) in [7, 11) is 1.44. The average molecular weight is 393 g/mol. The van der Waals surface area contributed by atoms with Gasteiger partial charge in [0.15, 0.2) is 11.5 Å². The van der Waals surface area contributed by atoms with Crippen LogP contribution in [0.5, 0.6) is 11.5 Å². The van der Waals surface area contributed by atoms with E-state index in [2.05, 4.69) is 9.88 Å². The maximum atomic E-state index is 11.7. The van der Waals surface area contributed by atoms with Crippen LogP contribution in [0.4, 0.5) is 0 Å². The number of fused-ring (bicyclic) bond motifs is 1. The normalized spacial score (nSPS) is 17.3. The van der Waals surface area contributed by atoms with Crippen LogP contribution in [-0.2, 0) is 16.1 Å². The van der Waals surface area contributed by atoms with Gasteiger partial charge in [-0.2, -0.15) is 0 Å². The lowest BCUT2D eigenvalue weighted by atomic mass is 9.97. The molecule has 0 amide bonds. The van der Waals surface area contributed by atoms with Crippen LogP contribution >= 0.6 is 11.6 Å². The topological polar surface area (TPSA) is 74.0 Å². The van der Waals surface area contributed by atoms with E-state index in [1.54, 1.807) is 12.1 Å². The van der Waals surface area contributed by atoms with Gasteiger partial charge in [-0.05, 0) is 38.9 Å². The molecular formula is C19H21ClN2O5. The second kappa shape index (κ2) is 7.40. The fourth-order valence-electron chi connectivity index (χ4n) is 3.48. The average Bonchev–Trinajstić information content (AvgIpc) is 3.27. The fourth-order valence-corrected chi connectivity index (χ4v) is 3.71. The standard InChI is InChI=1S/C19H21ClN2O5/c1-11-15(9-22-5-3-12(4-6-22)19(23)24-2)21-18(27-11)13-7-16-17(8-14(13)20)26-10-25-16/h7-8,12H,3-6,9-10H2,1-2H3. The minimum Gasteiger partial charge on any atom is -0.469 e. The van der Waals surface area contributed by atoms with Crippen LogP contribution in [0, 0.1) is 12.8 Å². The molecule has 2 aromatic rings. The third kappa shape index (κ3) is 3.61. The van der Waals surface area contributed by atoms with Gasteiger partial charge in [-0.25, -0.2) is 4.98 Å². The van der Waals surface area contributed by atoms with Crippen LogP contribution in [0.3, 0.4) is 0 Å². The Balaban J connectivity index is 1.48. The summed E-state index contributed by atoms with van der Waals surface area (Å²) < 4.78 is 21.5. The summed E-state index contributed by atoms with van der Waals surface area (Å²) in [5.41, 5.74) is 1.55. The SMILES string of the molecule is COC(=O)C1CCN(Cc2nc(-c3cc4c(cc3Cl)OCO4)oc2C)CC1. The van der Waals surface area contributed by atoms with Crippen molar-refractivity contribution in [2.24, 2.45) is 5.92 Å². The molecule has 1 aromatic carbocycles. The maximum Gasteiger partial charge on any atom is 0.308 e. The Hall–Kier alpha value is -2.25. The van der Waals surface area contributed by atoms with Gasteiger partial charge in [-0.1, -0.05) is 11.6 Å². The number of rotatable bonds is 4. The highest BCUT2D eigenvalue weighted by atomic mass is 35.5. The number of benzene rings is 1. The van der Waals surface area contributed by atoms with Gasteiger partial charge >= 0.3 is 5.97 Å². The zero-order valence-electron chi connectivity index (χ0n) is 15.3. The van der Waals surface area contributed by atoms with Crippen molar-refractivity contribution in [2.75, 3.05) is 27.0 Å². The Morgan fingerprint density at radius 3 is 2.70 bits per heavy atom. The first-order valence-corrected chi connectivity index (χ1v) is 9.29. The molecule has 4 rings (SSSR count). The molecular weight excluding hydrogens is 372 g/mol. The number of methoxy groups -OCH3 is 1. The number of halogens is 1. The van der Waals surface area contributed by atoms with E-state index in [-0.39, 0.29) is 18.7 Å². The lowest BCUT2D eigenvalue weighted by Crippen LogP contribution is -2.36. The molecule has 7 nitrogen and oxygen atoms in total. The number of esters is 1. The number of aromatic nitrogens is 1. The van der Waals surface area contributed by atoms with Crippen molar-refractivity contribution in [1.82, 2.24) is 9.88 Å². The number of oxazole rings is 1. The van der Waals surface area contributed by atoms with Gasteiger partial charge in [0.25, 0.3) is 0 Å². The number of aryl methyl sites for hydroxylation is 1. The summed E-state index contributed by atoms with van der Waals surface area (Å²) >= 11 is 6.37. The molecule has 0 saturated carbocycles. The molecule has 0 N–H and O–H groups in total. The van der Waals surface area contributed by atoms with E-state index in [0.717, 1.165) is 37.4 Å². The summed E-state index contributed by atoms with van der Waals surface area (Å²) in [5.74, 6) is 2.36. The first-order valence-electron chi connectivity index (χ1n) is 8.91. The van der Waals surface area contributed by atoms with E-state index in [1.807, 2.05) is 6.92 Å².